The van der Waals surface area contributed by atoms with Gasteiger partial charge in [0.2, 0.25) is 0 Å². The van der Waals surface area contributed by atoms with Gasteiger partial charge >= 0.3 is 0 Å². The molecule has 0 spiro atoms. The molecule has 1 unspecified atom stereocenters. The van der Waals surface area contributed by atoms with Crippen molar-refractivity contribution in [1.29, 1.82) is 0 Å². The van der Waals surface area contributed by atoms with Crippen molar-refractivity contribution in [2.75, 3.05) is 7.05 Å². The summed E-state index contributed by atoms with van der Waals surface area (Å²) < 4.78 is 10.6. The Hall–Kier alpha value is -1.01. The Kier molecular flexibility index (Phi) is 7.25. The second kappa shape index (κ2) is 8.44. The maximum absolute atomic E-state index is 5.89. The largest absolute Gasteiger partial charge is 0.484 e. The molecular formula is C13H16Cl3N3O2. The number of halogens is 3. The molecule has 0 aliphatic rings. The molecular weight excluding hydrogens is 337 g/mol. The lowest BCUT2D eigenvalue weighted by atomic mass is 10.2. The molecule has 5 nitrogen and oxygen atoms in total. The van der Waals surface area contributed by atoms with Gasteiger partial charge in [0, 0.05) is 22.5 Å². The molecule has 2 rings (SSSR count). The Labute approximate surface area is 139 Å². The van der Waals surface area contributed by atoms with Gasteiger partial charge in [-0.05, 0) is 32.2 Å². The minimum Gasteiger partial charge on any atom is -0.484 e. The van der Waals surface area contributed by atoms with E-state index in [0.29, 0.717) is 33.9 Å². The molecule has 21 heavy (non-hydrogen) atoms. The first-order valence-electron chi connectivity index (χ1n) is 6.14. The summed E-state index contributed by atoms with van der Waals surface area (Å²) >= 11 is 11.8. The molecule has 0 saturated carbocycles. The number of aromatic nitrogens is 2. The third kappa shape index (κ3) is 5.71. The molecule has 0 fully saturated rings. The van der Waals surface area contributed by atoms with Crippen LogP contribution in [0.1, 0.15) is 18.6 Å². The summed E-state index contributed by atoms with van der Waals surface area (Å²) in [5.41, 5.74) is 0. The summed E-state index contributed by atoms with van der Waals surface area (Å²) in [6.07, 6.45) is 0.697. The Morgan fingerprint density at radius 3 is 2.57 bits per heavy atom. The van der Waals surface area contributed by atoms with Crippen molar-refractivity contribution < 1.29 is 9.26 Å². The number of rotatable bonds is 6. The monoisotopic (exact) mass is 351 g/mol. The highest BCUT2D eigenvalue weighted by atomic mass is 35.5. The second-order valence-corrected chi connectivity index (χ2v) is 5.26. The lowest BCUT2D eigenvalue weighted by Crippen LogP contribution is -2.24. The second-order valence-electron chi connectivity index (χ2n) is 4.39. The van der Waals surface area contributed by atoms with Crippen molar-refractivity contribution in [2.24, 2.45) is 0 Å². The van der Waals surface area contributed by atoms with Crippen LogP contribution in [0.2, 0.25) is 10.0 Å². The molecule has 1 heterocycles. The average molecular weight is 353 g/mol. The molecule has 1 aromatic carbocycles. The zero-order valence-corrected chi connectivity index (χ0v) is 13.9. The van der Waals surface area contributed by atoms with Crippen LogP contribution in [0.5, 0.6) is 5.75 Å². The van der Waals surface area contributed by atoms with Gasteiger partial charge in [-0.25, -0.2) is 0 Å². The molecule has 0 aliphatic heterocycles. The van der Waals surface area contributed by atoms with E-state index in [-0.39, 0.29) is 25.1 Å². The van der Waals surface area contributed by atoms with Crippen LogP contribution in [0.4, 0.5) is 0 Å². The molecule has 0 bridgehead atoms. The lowest BCUT2D eigenvalue weighted by molar-refractivity contribution is 0.242. The Morgan fingerprint density at radius 1 is 1.29 bits per heavy atom. The molecule has 0 aliphatic carbocycles. The van der Waals surface area contributed by atoms with E-state index in [1.807, 2.05) is 14.0 Å². The Balaban J connectivity index is 0.00000220. The maximum atomic E-state index is 5.89. The molecule has 0 saturated heterocycles. The first kappa shape index (κ1) is 18.0. The number of likely N-dealkylation sites (N-methyl/N-ethyl adjacent to an activating group) is 1. The highest BCUT2D eigenvalue weighted by Crippen LogP contribution is 2.24. The third-order valence-corrected chi connectivity index (χ3v) is 3.13. The van der Waals surface area contributed by atoms with E-state index in [2.05, 4.69) is 15.5 Å². The van der Waals surface area contributed by atoms with Gasteiger partial charge in [0.15, 0.2) is 12.4 Å². The standard InChI is InChI=1S/C13H15Cl2N3O2.ClH/c1-8(16-2)3-12-17-13(20-18-12)7-19-11-5-9(14)4-10(15)6-11;/h4-6,8,16H,3,7H2,1-2H3;1H. The van der Waals surface area contributed by atoms with Crippen LogP contribution in [-0.4, -0.2) is 23.2 Å². The third-order valence-electron chi connectivity index (χ3n) is 2.69. The normalized spacial score (nSPS) is 11.8. The van der Waals surface area contributed by atoms with Crippen LogP contribution >= 0.6 is 35.6 Å². The first-order chi connectivity index (χ1) is 9.56. The SMILES string of the molecule is CNC(C)Cc1noc(COc2cc(Cl)cc(Cl)c2)n1.Cl. The van der Waals surface area contributed by atoms with Crippen LogP contribution in [0, 0.1) is 0 Å². The summed E-state index contributed by atoms with van der Waals surface area (Å²) in [5, 5.41) is 8.03. The van der Waals surface area contributed by atoms with Crippen molar-refractivity contribution in [3.8, 4) is 5.75 Å². The van der Waals surface area contributed by atoms with Crippen LogP contribution in [0.25, 0.3) is 0 Å². The predicted octanol–water partition coefficient (Wildman–Crippen LogP) is 3.53. The van der Waals surface area contributed by atoms with E-state index in [4.69, 9.17) is 32.5 Å². The zero-order chi connectivity index (χ0) is 14.5. The van der Waals surface area contributed by atoms with Crippen molar-refractivity contribution in [2.45, 2.75) is 26.0 Å². The van der Waals surface area contributed by atoms with Crippen molar-refractivity contribution >= 4 is 35.6 Å². The fraction of sp³-hybridized carbons (Fsp3) is 0.385. The van der Waals surface area contributed by atoms with E-state index in [1.54, 1.807) is 18.2 Å². The molecule has 1 N–H and O–H groups in total. The van der Waals surface area contributed by atoms with Gasteiger partial charge in [0.05, 0.1) is 0 Å². The van der Waals surface area contributed by atoms with Crippen LogP contribution in [0.15, 0.2) is 22.7 Å². The summed E-state index contributed by atoms with van der Waals surface area (Å²) in [6, 6.07) is 5.27. The molecule has 0 amide bonds. The van der Waals surface area contributed by atoms with Crippen molar-refractivity contribution in [3.05, 3.63) is 40.0 Å². The number of hydrogen-bond donors (Lipinski definition) is 1. The van der Waals surface area contributed by atoms with E-state index < -0.39 is 0 Å². The van der Waals surface area contributed by atoms with Crippen LogP contribution < -0.4 is 10.1 Å². The molecule has 1 aromatic heterocycles. The van der Waals surface area contributed by atoms with Gasteiger partial charge in [-0.2, -0.15) is 4.98 Å². The van der Waals surface area contributed by atoms with Gasteiger partial charge in [0.1, 0.15) is 5.75 Å². The van der Waals surface area contributed by atoms with Gasteiger partial charge < -0.3 is 14.6 Å². The lowest BCUT2D eigenvalue weighted by Gasteiger charge is -2.05. The fourth-order valence-corrected chi connectivity index (χ4v) is 2.07. The fourth-order valence-electron chi connectivity index (χ4n) is 1.56. The summed E-state index contributed by atoms with van der Waals surface area (Å²) in [6.45, 7) is 2.22. The minimum absolute atomic E-state index is 0. The van der Waals surface area contributed by atoms with Gasteiger partial charge in [-0.15, -0.1) is 12.4 Å². The molecule has 0 radical (unpaired) electrons. The quantitative estimate of drug-likeness (QED) is 0.862. The number of ether oxygens (including phenoxy) is 1. The van der Waals surface area contributed by atoms with Crippen molar-refractivity contribution in [1.82, 2.24) is 15.5 Å². The van der Waals surface area contributed by atoms with E-state index in [1.165, 1.54) is 0 Å². The average Bonchev–Trinajstić information content (AvgIpc) is 2.83. The topological polar surface area (TPSA) is 60.2 Å². The predicted molar refractivity (Wildman–Crippen MR) is 84.6 cm³/mol. The van der Waals surface area contributed by atoms with Gasteiger partial charge in [-0.1, -0.05) is 28.4 Å². The summed E-state index contributed by atoms with van der Waals surface area (Å²) in [7, 11) is 1.89. The van der Waals surface area contributed by atoms with E-state index in [0.717, 1.165) is 0 Å². The minimum atomic E-state index is 0. The van der Waals surface area contributed by atoms with Gasteiger partial charge in [-0.3, -0.25) is 0 Å². The number of nitrogens with one attached hydrogen (secondary N) is 1. The molecule has 1 atom stereocenters. The number of nitrogens with zero attached hydrogens (tertiary/aromatic N) is 2. The molecule has 2 aromatic rings. The molecule has 116 valence electrons. The first-order valence-corrected chi connectivity index (χ1v) is 6.90. The van der Waals surface area contributed by atoms with Crippen LogP contribution in [-0.2, 0) is 13.0 Å². The van der Waals surface area contributed by atoms with Crippen LogP contribution in [0.3, 0.4) is 0 Å². The highest BCUT2D eigenvalue weighted by Gasteiger charge is 2.10. The van der Waals surface area contributed by atoms with E-state index in [9.17, 15) is 0 Å². The smallest absolute Gasteiger partial charge is 0.264 e. The summed E-state index contributed by atoms with van der Waals surface area (Å²) in [4.78, 5) is 4.25. The maximum Gasteiger partial charge on any atom is 0.264 e. The number of hydrogen-bond acceptors (Lipinski definition) is 5. The summed E-state index contributed by atoms with van der Waals surface area (Å²) in [5.74, 6) is 1.62. The van der Waals surface area contributed by atoms with Gasteiger partial charge in [0.25, 0.3) is 5.89 Å². The highest BCUT2D eigenvalue weighted by molar-refractivity contribution is 6.34. The Bertz CT molecular complexity index is 557. The molecule has 8 heteroatoms. The number of benzene rings is 1. The zero-order valence-electron chi connectivity index (χ0n) is 11.6. The van der Waals surface area contributed by atoms with Crippen molar-refractivity contribution in [3.63, 3.8) is 0 Å². The Morgan fingerprint density at radius 2 is 1.95 bits per heavy atom. The van der Waals surface area contributed by atoms with E-state index >= 15 is 0 Å².